The molecule has 1 aromatic carbocycles. The van der Waals surface area contributed by atoms with Crippen molar-refractivity contribution in [3.63, 3.8) is 0 Å². The lowest BCUT2D eigenvalue weighted by Gasteiger charge is -2.20. The number of pyridine rings is 1. The molecule has 1 aliphatic heterocycles. The Kier molecular flexibility index (Phi) is 7.95. The number of hydrogen-bond acceptors (Lipinski definition) is 7. The van der Waals surface area contributed by atoms with E-state index in [-0.39, 0.29) is 17.0 Å². The number of thioether (sulfide) groups is 1. The maximum atomic E-state index is 13.2. The van der Waals surface area contributed by atoms with E-state index in [1.807, 2.05) is 31.2 Å². The van der Waals surface area contributed by atoms with Gasteiger partial charge in [0.25, 0.3) is 11.5 Å². The molecular formula is C24H26N4O3S2. The molecule has 2 heterocycles. The zero-order chi connectivity index (χ0) is 24.1. The van der Waals surface area contributed by atoms with Gasteiger partial charge in [-0.2, -0.15) is 5.26 Å². The van der Waals surface area contributed by atoms with E-state index in [0.717, 1.165) is 24.2 Å². The van der Waals surface area contributed by atoms with Gasteiger partial charge >= 0.3 is 0 Å². The second-order valence-corrected chi connectivity index (χ2v) is 9.30. The van der Waals surface area contributed by atoms with Gasteiger partial charge in [-0.05, 0) is 42.7 Å². The van der Waals surface area contributed by atoms with Crippen LogP contribution in [0.5, 0.6) is 5.75 Å². The number of amides is 1. The Balaban J connectivity index is 2.14. The number of nitriles is 1. The number of carbonyl (C=O) groups is 1. The van der Waals surface area contributed by atoms with E-state index in [4.69, 9.17) is 17.0 Å². The number of likely N-dealkylation sites (N-methyl/N-ethyl adjacent to an activating group) is 1. The number of nitrogens with zero attached hydrogens (tertiary/aromatic N) is 3. The molecule has 0 radical (unpaired) electrons. The Morgan fingerprint density at radius 3 is 2.52 bits per heavy atom. The van der Waals surface area contributed by atoms with Gasteiger partial charge < -0.3 is 10.1 Å². The average Bonchev–Trinajstić information content (AvgIpc) is 3.06. The molecule has 0 unspecified atom stereocenters. The third-order valence-corrected chi connectivity index (χ3v) is 6.98. The Morgan fingerprint density at radius 2 is 1.97 bits per heavy atom. The topological polar surface area (TPSA) is 87.4 Å². The van der Waals surface area contributed by atoms with Crippen molar-refractivity contribution in [3.05, 3.63) is 61.8 Å². The fourth-order valence-corrected chi connectivity index (χ4v) is 4.65. The number of ether oxygens (including phenoxy) is 1. The SMILES string of the molecule is CCCCn1c(NCc2ccc(OC)cc2)c(/C=C2/SC(=S)N(C)C2=O)c(C)c(C#N)c1=O. The summed E-state index contributed by atoms with van der Waals surface area (Å²) in [5.41, 5.74) is 1.93. The minimum Gasteiger partial charge on any atom is -0.497 e. The van der Waals surface area contributed by atoms with Crippen LogP contribution in [0.15, 0.2) is 34.0 Å². The molecule has 1 aromatic heterocycles. The number of benzene rings is 1. The number of hydrogen-bond donors (Lipinski definition) is 1. The number of carbonyl (C=O) groups excluding carboxylic acids is 1. The number of rotatable bonds is 8. The van der Waals surface area contributed by atoms with E-state index < -0.39 is 0 Å². The number of thiocarbonyl (C=S) groups is 1. The van der Waals surface area contributed by atoms with Crippen molar-refractivity contribution < 1.29 is 9.53 Å². The highest BCUT2D eigenvalue weighted by molar-refractivity contribution is 8.26. The molecule has 33 heavy (non-hydrogen) atoms. The molecule has 7 nitrogen and oxygen atoms in total. The van der Waals surface area contributed by atoms with Gasteiger partial charge in [-0.15, -0.1) is 0 Å². The monoisotopic (exact) mass is 482 g/mol. The van der Waals surface area contributed by atoms with Gasteiger partial charge in [0, 0.05) is 25.7 Å². The van der Waals surface area contributed by atoms with E-state index in [2.05, 4.69) is 11.4 Å². The van der Waals surface area contributed by atoms with Gasteiger partial charge in [-0.3, -0.25) is 19.1 Å². The predicted molar refractivity (Wildman–Crippen MR) is 136 cm³/mol. The first-order valence-electron chi connectivity index (χ1n) is 10.6. The van der Waals surface area contributed by atoms with Crippen LogP contribution in [0.1, 0.15) is 42.0 Å². The van der Waals surface area contributed by atoms with Crippen LogP contribution in [0, 0.1) is 18.3 Å². The van der Waals surface area contributed by atoms with Crippen LogP contribution in [0.2, 0.25) is 0 Å². The number of anilines is 1. The van der Waals surface area contributed by atoms with Gasteiger partial charge in [-0.1, -0.05) is 49.5 Å². The first-order chi connectivity index (χ1) is 15.8. The summed E-state index contributed by atoms with van der Waals surface area (Å²) in [7, 11) is 3.25. The Bertz CT molecular complexity index is 1210. The van der Waals surface area contributed by atoms with Crippen molar-refractivity contribution in [2.45, 2.75) is 39.8 Å². The third-order valence-electron chi connectivity index (χ3n) is 5.49. The summed E-state index contributed by atoms with van der Waals surface area (Å²) in [4.78, 5) is 27.7. The number of methoxy groups -OCH3 is 1. The molecule has 0 spiro atoms. The molecule has 3 rings (SSSR count). The summed E-state index contributed by atoms with van der Waals surface area (Å²) < 4.78 is 7.30. The smallest absolute Gasteiger partial charge is 0.270 e. The zero-order valence-corrected chi connectivity index (χ0v) is 20.7. The maximum absolute atomic E-state index is 13.2. The van der Waals surface area contributed by atoms with E-state index in [1.54, 1.807) is 31.7 Å². The van der Waals surface area contributed by atoms with Gasteiger partial charge in [0.05, 0.1) is 12.0 Å². The van der Waals surface area contributed by atoms with E-state index in [0.29, 0.717) is 39.3 Å². The average molecular weight is 483 g/mol. The highest BCUT2D eigenvalue weighted by atomic mass is 32.2. The fourth-order valence-electron chi connectivity index (χ4n) is 3.49. The Morgan fingerprint density at radius 1 is 1.27 bits per heavy atom. The molecule has 1 aliphatic rings. The number of aromatic nitrogens is 1. The van der Waals surface area contributed by atoms with E-state index in [1.165, 1.54) is 16.7 Å². The summed E-state index contributed by atoms with van der Waals surface area (Å²) in [6.07, 6.45) is 3.41. The Hall–Kier alpha value is -3.09. The second kappa shape index (κ2) is 10.7. The molecule has 1 fully saturated rings. The van der Waals surface area contributed by atoms with Crippen molar-refractivity contribution in [1.82, 2.24) is 9.47 Å². The van der Waals surface area contributed by atoms with Crippen LogP contribution in [0.4, 0.5) is 5.82 Å². The molecule has 9 heteroatoms. The molecule has 172 valence electrons. The molecule has 0 bridgehead atoms. The van der Waals surface area contributed by atoms with Gasteiger partial charge in [0.2, 0.25) is 0 Å². The summed E-state index contributed by atoms with van der Waals surface area (Å²) in [6, 6.07) is 9.69. The summed E-state index contributed by atoms with van der Waals surface area (Å²) in [5.74, 6) is 1.15. The van der Waals surface area contributed by atoms with Crippen LogP contribution < -0.4 is 15.6 Å². The van der Waals surface area contributed by atoms with Crippen LogP contribution in [-0.2, 0) is 17.9 Å². The standard InChI is InChI=1S/C24H26N4O3S2/c1-5-6-11-28-21(26-14-16-7-9-17(31-4)10-8-16)18(15(2)19(13-25)22(28)29)12-20-23(30)27(3)24(32)33-20/h7-10,12,26H,5-6,11,14H2,1-4H3/b20-12+. The molecule has 2 aromatic rings. The first kappa shape index (κ1) is 24.6. The van der Waals surface area contributed by atoms with Gasteiger partial charge in [0.15, 0.2) is 0 Å². The largest absolute Gasteiger partial charge is 0.497 e. The molecule has 1 N–H and O–H groups in total. The van der Waals surface area contributed by atoms with Crippen LogP contribution in [0.25, 0.3) is 6.08 Å². The Labute approximate surface area is 203 Å². The minimum absolute atomic E-state index is 0.0827. The van der Waals surface area contributed by atoms with Crippen molar-refractivity contribution in [2.24, 2.45) is 0 Å². The van der Waals surface area contributed by atoms with Crippen molar-refractivity contribution in [3.8, 4) is 11.8 Å². The number of unbranched alkanes of at least 4 members (excludes halogenated alkanes) is 1. The van der Waals surface area contributed by atoms with Crippen LogP contribution in [-0.4, -0.2) is 33.9 Å². The summed E-state index contributed by atoms with van der Waals surface area (Å²) in [6.45, 7) is 4.70. The number of nitrogens with one attached hydrogen (secondary N) is 1. The lowest BCUT2D eigenvalue weighted by Crippen LogP contribution is -2.28. The lowest BCUT2D eigenvalue weighted by molar-refractivity contribution is -0.121. The van der Waals surface area contributed by atoms with E-state index >= 15 is 0 Å². The maximum Gasteiger partial charge on any atom is 0.270 e. The first-order valence-corrected chi connectivity index (χ1v) is 11.8. The van der Waals surface area contributed by atoms with Crippen LogP contribution >= 0.6 is 24.0 Å². The normalized spacial score (nSPS) is 14.6. The highest BCUT2D eigenvalue weighted by Crippen LogP contribution is 2.34. The third kappa shape index (κ3) is 5.13. The van der Waals surface area contributed by atoms with E-state index in [9.17, 15) is 14.9 Å². The van der Waals surface area contributed by atoms with Gasteiger partial charge in [0.1, 0.15) is 27.5 Å². The summed E-state index contributed by atoms with van der Waals surface area (Å²) >= 11 is 6.47. The molecule has 0 saturated carbocycles. The highest BCUT2D eigenvalue weighted by Gasteiger charge is 2.30. The fraction of sp³-hybridized carbons (Fsp3) is 0.333. The molecule has 1 amide bonds. The lowest BCUT2D eigenvalue weighted by atomic mass is 10.0. The summed E-state index contributed by atoms with van der Waals surface area (Å²) in [5, 5.41) is 13.1. The molecule has 0 atom stereocenters. The minimum atomic E-state index is -0.333. The molecule has 0 aliphatic carbocycles. The quantitative estimate of drug-likeness (QED) is 0.444. The predicted octanol–water partition coefficient (Wildman–Crippen LogP) is 4.28. The molecular weight excluding hydrogens is 456 g/mol. The van der Waals surface area contributed by atoms with Crippen LogP contribution in [0.3, 0.4) is 0 Å². The molecule has 1 saturated heterocycles. The van der Waals surface area contributed by atoms with Crippen molar-refractivity contribution in [2.75, 3.05) is 19.5 Å². The second-order valence-electron chi connectivity index (χ2n) is 7.63. The van der Waals surface area contributed by atoms with Gasteiger partial charge in [-0.25, -0.2) is 0 Å². The van der Waals surface area contributed by atoms with Crippen molar-refractivity contribution >= 4 is 46.1 Å². The van der Waals surface area contributed by atoms with Crippen molar-refractivity contribution in [1.29, 1.82) is 5.26 Å². The zero-order valence-electron chi connectivity index (χ0n) is 19.1.